The first-order valence-corrected chi connectivity index (χ1v) is 4.66. The maximum atomic E-state index is 11.2. The third-order valence-electron chi connectivity index (χ3n) is 2.00. The van der Waals surface area contributed by atoms with Crippen molar-refractivity contribution in [2.24, 2.45) is 0 Å². The van der Waals surface area contributed by atoms with Gasteiger partial charge in [0.25, 0.3) is 0 Å². The minimum absolute atomic E-state index is 0.0388. The zero-order valence-corrected chi connectivity index (χ0v) is 8.52. The molecule has 13 heavy (non-hydrogen) atoms. The molecule has 1 aliphatic heterocycles. The first kappa shape index (κ1) is 10.5. The first-order valence-electron chi connectivity index (χ1n) is 4.66. The van der Waals surface area contributed by atoms with Crippen molar-refractivity contribution >= 4 is 5.91 Å². The Morgan fingerprint density at radius 1 is 1.62 bits per heavy atom. The molecule has 1 rings (SSSR count). The van der Waals surface area contributed by atoms with Gasteiger partial charge >= 0.3 is 0 Å². The fourth-order valence-corrected chi connectivity index (χ4v) is 1.18. The van der Waals surface area contributed by atoms with E-state index in [1.165, 1.54) is 0 Å². The second-order valence-corrected chi connectivity index (χ2v) is 4.06. The van der Waals surface area contributed by atoms with E-state index in [0.717, 1.165) is 13.1 Å². The van der Waals surface area contributed by atoms with Crippen LogP contribution < -0.4 is 10.6 Å². The summed E-state index contributed by atoms with van der Waals surface area (Å²) < 4.78 is 5.45. The average Bonchev–Trinajstić information content (AvgIpc) is 1.96. The highest BCUT2D eigenvalue weighted by atomic mass is 16.5. The summed E-state index contributed by atoms with van der Waals surface area (Å²) in [5, 5.41) is 5.89. The Kier molecular flexibility index (Phi) is 3.27. The van der Waals surface area contributed by atoms with Crippen molar-refractivity contribution in [1.82, 2.24) is 10.6 Å². The molecule has 0 atom stereocenters. The Balaban J connectivity index is 2.14. The summed E-state index contributed by atoms with van der Waals surface area (Å²) in [6.45, 7) is 7.71. The van der Waals surface area contributed by atoms with Crippen molar-refractivity contribution in [3.63, 3.8) is 0 Å². The highest BCUT2D eigenvalue weighted by Crippen LogP contribution is 2.14. The number of carbonyl (C=O) groups excluding carboxylic acids is 1. The highest BCUT2D eigenvalue weighted by molar-refractivity contribution is 5.77. The maximum absolute atomic E-state index is 11.2. The standard InChI is InChI=1S/C9H18N2O2/c1-7(2)11-8(12)4-13-9(3)5-10-6-9/h7,10H,4-6H2,1-3H3,(H,11,12). The molecule has 0 saturated carbocycles. The van der Waals surface area contributed by atoms with Gasteiger partial charge in [0.15, 0.2) is 0 Å². The van der Waals surface area contributed by atoms with Crippen molar-refractivity contribution in [2.45, 2.75) is 32.4 Å². The molecule has 0 unspecified atom stereocenters. The van der Waals surface area contributed by atoms with E-state index in [0.29, 0.717) is 0 Å². The average molecular weight is 186 g/mol. The quantitative estimate of drug-likeness (QED) is 0.644. The number of amides is 1. The predicted octanol–water partition coefficient (Wildman–Crippen LogP) is -0.110. The zero-order valence-electron chi connectivity index (χ0n) is 8.52. The van der Waals surface area contributed by atoms with Gasteiger partial charge in [-0.2, -0.15) is 0 Å². The SMILES string of the molecule is CC(C)NC(=O)COC1(C)CNC1. The molecule has 1 amide bonds. The number of rotatable bonds is 4. The third-order valence-corrected chi connectivity index (χ3v) is 2.00. The van der Waals surface area contributed by atoms with Crippen molar-refractivity contribution in [3.05, 3.63) is 0 Å². The van der Waals surface area contributed by atoms with Gasteiger partial charge in [-0.25, -0.2) is 0 Å². The summed E-state index contributed by atoms with van der Waals surface area (Å²) in [6, 6.07) is 0.184. The van der Waals surface area contributed by atoms with Crippen LogP contribution in [0.15, 0.2) is 0 Å². The van der Waals surface area contributed by atoms with Crippen LogP contribution in [0.2, 0.25) is 0 Å². The fraction of sp³-hybridized carbons (Fsp3) is 0.889. The second-order valence-electron chi connectivity index (χ2n) is 4.06. The lowest BCUT2D eigenvalue weighted by Gasteiger charge is -2.38. The van der Waals surface area contributed by atoms with Crippen LogP contribution in [0.25, 0.3) is 0 Å². The second kappa shape index (κ2) is 4.07. The molecule has 1 saturated heterocycles. The lowest BCUT2D eigenvalue weighted by atomic mass is 10.0. The molecule has 4 nitrogen and oxygen atoms in total. The Morgan fingerprint density at radius 2 is 2.23 bits per heavy atom. The van der Waals surface area contributed by atoms with Crippen molar-refractivity contribution in [1.29, 1.82) is 0 Å². The largest absolute Gasteiger partial charge is 0.363 e. The monoisotopic (exact) mass is 186 g/mol. The maximum Gasteiger partial charge on any atom is 0.246 e. The van der Waals surface area contributed by atoms with Crippen LogP contribution in [0.1, 0.15) is 20.8 Å². The number of ether oxygens (including phenoxy) is 1. The molecule has 0 radical (unpaired) electrons. The molecular formula is C9H18N2O2. The summed E-state index contributed by atoms with van der Waals surface area (Å²) >= 11 is 0. The Morgan fingerprint density at radius 3 is 2.62 bits per heavy atom. The number of nitrogens with one attached hydrogen (secondary N) is 2. The van der Waals surface area contributed by atoms with Crippen LogP contribution in [-0.2, 0) is 9.53 Å². The van der Waals surface area contributed by atoms with Gasteiger partial charge < -0.3 is 15.4 Å². The van der Waals surface area contributed by atoms with Gasteiger partial charge in [-0.1, -0.05) is 0 Å². The van der Waals surface area contributed by atoms with E-state index in [1.807, 2.05) is 20.8 Å². The fourth-order valence-electron chi connectivity index (χ4n) is 1.18. The lowest BCUT2D eigenvalue weighted by Crippen LogP contribution is -2.59. The summed E-state index contributed by atoms with van der Waals surface area (Å²) in [4.78, 5) is 11.2. The summed E-state index contributed by atoms with van der Waals surface area (Å²) in [7, 11) is 0. The van der Waals surface area contributed by atoms with Crippen LogP contribution in [0, 0.1) is 0 Å². The van der Waals surface area contributed by atoms with Crippen molar-refractivity contribution in [2.75, 3.05) is 19.7 Å². The Hall–Kier alpha value is -0.610. The van der Waals surface area contributed by atoms with Crippen LogP contribution >= 0.6 is 0 Å². The van der Waals surface area contributed by atoms with E-state index in [2.05, 4.69) is 10.6 Å². The van der Waals surface area contributed by atoms with Gasteiger partial charge in [0.2, 0.25) is 5.91 Å². The summed E-state index contributed by atoms with van der Waals surface area (Å²) in [5.74, 6) is -0.0388. The van der Waals surface area contributed by atoms with E-state index in [1.54, 1.807) is 0 Å². The summed E-state index contributed by atoms with van der Waals surface area (Å²) in [5.41, 5.74) is -0.131. The number of hydrogen-bond donors (Lipinski definition) is 2. The molecule has 1 heterocycles. The minimum atomic E-state index is -0.131. The smallest absolute Gasteiger partial charge is 0.246 e. The van der Waals surface area contributed by atoms with E-state index >= 15 is 0 Å². The minimum Gasteiger partial charge on any atom is -0.363 e. The molecule has 0 aromatic carbocycles. The van der Waals surface area contributed by atoms with E-state index in [-0.39, 0.29) is 24.2 Å². The van der Waals surface area contributed by atoms with E-state index < -0.39 is 0 Å². The van der Waals surface area contributed by atoms with Crippen LogP contribution in [0.5, 0.6) is 0 Å². The molecule has 0 aromatic heterocycles. The van der Waals surface area contributed by atoms with Crippen molar-refractivity contribution in [3.8, 4) is 0 Å². The number of carbonyl (C=O) groups is 1. The Bertz CT molecular complexity index is 188. The van der Waals surface area contributed by atoms with E-state index in [9.17, 15) is 4.79 Å². The first-order chi connectivity index (χ1) is 6.02. The van der Waals surface area contributed by atoms with Gasteiger partial charge in [-0.05, 0) is 20.8 Å². The molecule has 0 bridgehead atoms. The van der Waals surface area contributed by atoms with Gasteiger partial charge in [0, 0.05) is 19.1 Å². The number of hydrogen-bond acceptors (Lipinski definition) is 3. The molecule has 1 aliphatic rings. The Labute approximate surface area is 79.0 Å². The van der Waals surface area contributed by atoms with Gasteiger partial charge in [0.05, 0.1) is 5.60 Å². The van der Waals surface area contributed by atoms with Crippen LogP contribution in [0.3, 0.4) is 0 Å². The zero-order chi connectivity index (χ0) is 9.90. The third kappa shape index (κ3) is 3.32. The normalized spacial score (nSPS) is 19.7. The molecule has 76 valence electrons. The van der Waals surface area contributed by atoms with Crippen LogP contribution in [-0.4, -0.2) is 37.2 Å². The lowest BCUT2D eigenvalue weighted by molar-refractivity contribution is -0.136. The summed E-state index contributed by atoms with van der Waals surface area (Å²) in [6.07, 6.45) is 0. The molecule has 1 fully saturated rings. The van der Waals surface area contributed by atoms with Gasteiger partial charge in [0.1, 0.15) is 6.61 Å². The molecule has 0 spiro atoms. The molecular weight excluding hydrogens is 168 g/mol. The topological polar surface area (TPSA) is 50.4 Å². The van der Waals surface area contributed by atoms with Crippen molar-refractivity contribution < 1.29 is 9.53 Å². The van der Waals surface area contributed by atoms with Crippen LogP contribution in [0.4, 0.5) is 0 Å². The van der Waals surface area contributed by atoms with Gasteiger partial charge in [-0.15, -0.1) is 0 Å². The molecule has 2 N–H and O–H groups in total. The van der Waals surface area contributed by atoms with E-state index in [4.69, 9.17) is 4.74 Å². The molecule has 0 aromatic rings. The van der Waals surface area contributed by atoms with Gasteiger partial charge in [-0.3, -0.25) is 4.79 Å². The highest BCUT2D eigenvalue weighted by Gasteiger charge is 2.32. The molecule has 4 heteroatoms. The predicted molar refractivity (Wildman–Crippen MR) is 50.5 cm³/mol. The molecule has 0 aliphatic carbocycles.